The van der Waals surface area contributed by atoms with Crippen LogP contribution in [0, 0.1) is 25.7 Å². The molecule has 1 fully saturated rings. The van der Waals surface area contributed by atoms with Crippen molar-refractivity contribution in [3.63, 3.8) is 0 Å². The Labute approximate surface area is 150 Å². The second-order valence-electron chi connectivity index (χ2n) is 7.21. The van der Waals surface area contributed by atoms with E-state index in [0.717, 1.165) is 24.0 Å². The van der Waals surface area contributed by atoms with Gasteiger partial charge in [-0.2, -0.15) is 0 Å². The van der Waals surface area contributed by atoms with Gasteiger partial charge < -0.3 is 14.8 Å². The maximum atomic E-state index is 12.0. The molecule has 25 heavy (non-hydrogen) atoms. The van der Waals surface area contributed by atoms with Gasteiger partial charge in [0.15, 0.2) is 13.2 Å². The molecule has 2 rings (SSSR count). The highest BCUT2D eigenvalue weighted by Crippen LogP contribution is 2.29. The molecule has 0 saturated heterocycles. The quantitative estimate of drug-likeness (QED) is 0.803. The van der Waals surface area contributed by atoms with Gasteiger partial charge in [-0.25, -0.2) is 4.79 Å². The van der Waals surface area contributed by atoms with Crippen molar-refractivity contribution in [2.75, 3.05) is 13.2 Å². The maximum absolute atomic E-state index is 12.0. The fraction of sp³-hybridized carbons (Fsp3) is 0.600. The van der Waals surface area contributed by atoms with Gasteiger partial charge in [-0.15, -0.1) is 0 Å². The molecule has 0 aromatic heterocycles. The summed E-state index contributed by atoms with van der Waals surface area (Å²) in [5, 5.41) is 2.99. The van der Waals surface area contributed by atoms with Crippen molar-refractivity contribution >= 4 is 11.9 Å². The van der Waals surface area contributed by atoms with E-state index in [1.807, 2.05) is 32.0 Å². The maximum Gasteiger partial charge on any atom is 0.344 e. The van der Waals surface area contributed by atoms with Gasteiger partial charge in [0.2, 0.25) is 0 Å². The molecule has 1 saturated carbocycles. The number of amides is 1. The SMILES string of the molecule is Cc1cc(C)cc(OCC(=O)OCC(=O)N[C@H]2CCC[C@@H](C)[C@H]2C)c1. The van der Waals surface area contributed by atoms with Crippen LogP contribution in [0.15, 0.2) is 18.2 Å². The summed E-state index contributed by atoms with van der Waals surface area (Å²) in [5.74, 6) is 0.892. The van der Waals surface area contributed by atoms with Crippen LogP contribution >= 0.6 is 0 Å². The third-order valence-corrected chi connectivity index (χ3v) is 4.97. The van der Waals surface area contributed by atoms with Crippen molar-refractivity contribution in [2.24, 2.45) is 11.8 Å². The number of benzene rings is 1. The Morgan fingerprint density at radius 2 is 1.76 bits per heavy atom. The minimum atomic E-state index is -0.542. The molecule has 3 atom stereocenters. The third kappa shape index (κ3) is 6.07. The Bertz CT molecular complexity index is 593. The summed E-state index contributed by atoms with van der Waals surface area (Å²) in [5.41, 5.74) is 2.14. The lowest BCUT2D eigenvalue weighted by molar-refractivity contribution is -0.150. The standard InChI is InChI=1S/C20H29NO4/c1-13-8-14(2)10-17(9-13)24-12-20(23)25-11-19(22)21-18-7-5-6-15(3)16(18)4/h8-10,15-16,18H,5-7,11-12H2,1-4H3,(H,21,22)/t15-,16-,18+/m1/s1. The number of esters is 1. The Morgan fingerprint density at radius 1 is 1.08 bits per heavy atom. The first-order valence-electron chi connectivity index (χ1n) is 9.01. The fourth-order valence-corrected chi connectivity index (χ4v) is 3.38. The Balaban J connectivity index is 1.71. The lowest BCUT2D eigenvalue weighted by Gasteiger charge is -2.34. The van der Waals surface area contributed by atoms with E-state index in [9.17, 15) is 9.59 Å². The van der Waals surface area contributed by atoms with Gasteiger partial charge in [-0.05, 0) is 55.4 Å². The molecule has 138 valence electrons. The highest BCUT2D eigenvalue weighted by molar-refractivity contribution is 5.81. The molecule has 0 bridgehead atoms. The van der Waals surface area contributed by atoms with E-state index < -0.39 is 5.97 Å². The van der Waals surface area contributed by atoms with Crippen LogP contribution in [-0.4, -0.2) is 31.1 Å². The zero-order chi connectivity index (χ0) is 18.4. The fourth-order valence-electron chi connectivity index (χ4n) is 3.38. The molecule has 0 unspecified atom stereocenters. The number of carbonyl (C=O) groups excluding carboxylic acids is 2. The molecule has 0 radical (unpaired) electrons. The second-order valence-corrected chi connectivity index (χ2v) is 7.21. The van der Waals surface area contributed by atoms with Crippen LogP contribution in [0.1, 0.15) is 44.2 Å². The second kappa shape index (κ2) is 8.88. The van der Waals surface area contributed by atoms with Crippen molar-refractivity contribution in [1.82, 2.24) is 5.32 Å². The van der Waals surface area contributed by atoms with Crippen molar-refractivity contribution in [3.05, 3.63) is 29.3 Å². The predicted octanol–water partition coefficient (Wildman–Crippen LogP) is 3.17. The van der Waals surface area contributed by atoms with Gasteiger partial charge in [-0.1, -0.05) is 32.8 Å². The van der Waals surface area contributed by atoms with Gasteiger partial charge in [0.1, 0.15) is 5.75 Å². The summed E-state index contributed by atoms with van der Waals surface area (Å²) in [7, 11) is 0. The molecular weight excluding hydrogens is 318 g/mol. The number of nitrogens with one attached hydrogen (secondary N) is 1. The average Bonchev–Trinajstić information content (AvgIpc) is 2.54. The molecule has 1 aromatic rings. The lowest BCUT2D eigenvalue weighted by atomic mass is 9.78. The molecule has 0 spiro atoms. The van der Waals surface area contributed by atoms with E-state index >= 15 is 0 Å². The summed E-state index contributed by atoms with van der Waals surface area (Å²) >= 11 is 0. The van der Waals surface area contributed by atoms with Crippen LogP contribution in [0.3, 0.4) is 0 Å². The highest BCUT2D eigenvalue weighted by atomic mass is 16.6. The number of ether oxygens (including phenoxy) is 2. The van der Waals surface area contributed by atoms with Crippen molar-refractivity contribution in [3.8, 4) is 5.75 Å². The van der Waals surface area contributed by atoms with E-state index in [2.05, 4.69) is 19.2 Å². The van der Waals surface area contributed by atoms with Gasteiger partial charge >= 0.3 is 5.97 Å². The van der Waals surface area contributed by atoms with Crippen molar-refractivity contribution in [1.29, 1.82) is 0 Å². The van der Waals surface area contributed by atoms with Crippen LogP contribution in [-0.2, 0) is 14.3 Å². The predicted molar refractivity (Wildman–Crippen MR) is 96.5 cm³/mol. The topological polar surface area (TPSA) is 64.6 Å². The monoisotopic (exact) mass is 347 g/mol. The van der Waals surface area contributed by atoms with Crippen LogP contribution in [0.5, 0.6) is 5.75 Å². The zero-order valence-electron chi connectivity index (χ0n) is 15.6. The van der Waals surface area contributed by atoms with Gasteiger partial charge in [-0.3, -0.25) is 4.79 Å². The summed E-state index contributed by atoms with van der Waals surface area (Å²) in [6.07, 6.45) is 3.32. The zero-order valence-corrected chi connectivity index (χ0v) is 15.6. The Hall–Kier alpha value is -2.04. The van der Waals surface area contributed by atoms with Crippen LogP contribution in [0.25, 0.3) is 0 Å². The summed E-state index contributed by atoms with van der Waals surface area (Å²) < 4.78 is 10.5. The summed E-state index contributed by atoms with van der Waals surface area (Å²) in [4.78, 5) is 23.8. The normalized spacial score (nSPS) is 23.0. The Kier molecular flexibility index (Phi) is 6.85. The first-order valence-corrected chi connectivity index (χ1v) is 9.01. The molecule has 5 nitrogen and oxygen atoms in total. The average molecular weight is 347 g/mol. The molecule has 1 N–H and O–H groups in total. The van der Waals surface area contributed by atoms with Gasteiger partial charge in [0.25, 0.3) is 5.91 Å². The minimum Gasteiger partial charge on any atom is -0.482 e. The smallest absolute Gasteiger partial charge is 0.344 e. The van der Waals surface area contributed by atoms with Crippen molar-refractivity contribution in [2.45, 2.75) is 53.0 Å². The lowest BCUT2D eigenvalue weighted by Crippen LogP contribution is -2.45. The molecular formula is C20H29NO4. The molecule has 0 heterocycles. The van der Waals surface area contributed by atoms with E-state index in [0.29, 0.717) is 17.6 Å². The van der Waals surface area contributed by atoms with E-state index in [-0.39, 0.29) is 25.2 Å². The number of hydrogen-bond acceptors (Lipinski definition) is 4. The van der Waals surface area contributed by atoms with Crippen LogP contribution in [0.4, 0.5) is 0 Å². The van der Waals surface area contributed by atoms with E-state index in [4.69, 9.17) is 9.47 Å². The molecule has 5 heteroatoms. The first kappa shape index (κ1) is 19.3. The molecule has 1 aliphatic carbocycles. The first-order chi connectivity index (χ1) is 11.8. The number of aryl methyl sites for hydroxylation is 2. The van der Waals surface area contributed by atoms with Gasteiger partial charge in [0.05, 0.1) is 0 Å². The van der Waals surface area contributed by atoms with Crippen LogP contribution in [0.2, 0.25) is 0 Å². The summed E-state index contributed by atoms with van der Waals surface area (Å²) in [6, 6.07) is 5.92. The van der Waals surface area contributed by atoms with Crippen molar-refractivity contribution < 1.29 is 19.1 Å². The number of rotatable bonds is 6. The van der Waals surface area contributed by atoms with E-state index in [1.54, 1.807) is 0 Å². The molecule has 1 amide bonds. The third-order valence-electron chi connectivity index (χ3n) is 4.97. The minimum absolute atomic E-state index is 0.168. The number of carbonyl (C=O) groups is 2. The molecule has 1 aromatic carbocycles. The number of hydrogen-bond donors (Lipinski definition) is 1. The molecule has 0 aliphatic heterocycles. The van der Waals surface area contributed by atoms with Crippen LogP contribution < -0.4 is 10.1 Å². The Morgan fingerprint density at radius 3 is 2.44 bits per heavy atom. The largest absolute Gasteiger partial charge is 0.482 e. The van der Waals surface area contributed by atoms with E-state index in [1.165, 1.54) is 6.42 Å². The van der Waals surface area contributed by atoms with Gasteiger partial charge in [0, 0.05) is 6.04 Å². The highest BCUT2D eigenvalue weighted by Gasteiger charge is 2.28. The summed E-state index contributed by atoms with van der Waals surface area (Å²) in [6.45, 7) is 7.86. The molecule has 1 aliphatic rings.